The molecule has 5 heteroatoms. The summed E-state index contributed by atoms with van der Waals surface area (Å²) in [5.74, 6) is 0. The van der Waals surface area contributed by atoms with Crippen LogP contribution in [0.4, 0.5) is 0 Å². The average molecular weight is 564 g/mol. The number of aromatic nitrogens is 2. The van der Waals surface area contributed by atoms with Gasteiger partial charge < -0.3 is 0 Å². The molecule has 13 rings (SSSR count). The molecule has 0 saturated carbocycles. The quantitative estimate of drug-likeness (QED) is 0.231. The Morgan fingerprint density at radius 1 is 0.784 bits per heavy atom. The molecule has 2 nitrogen and oxygen atoms in total. The zero-order valence-electron chi connectivity index (χ0n) is 21.6. The average Bonchev–Trinajstić information content (AvgIpc) is 3.87. The molecule has 10 aliphatic rings. The summed E-state index contributed by atoms with van der Waals surface area (Å²) in [5.41, 5.74) is 4.66. The third kappa shape index (κ3) is 0.376. The van der Waals surface area contributed by atoms with Crippen molar-refractivity contribution in [3.8, 4) is 0 Å². The maximum atomic E-state index is 5.25. The normalized spacial score (nSPS) is 67.9. The van der Waals surface area contributed by atoms with Crippen molar-refractivity contribution in [2.75, 3.05) is 6.16 Å². The van der Waals surface area contributed by atoms with E-state index in [1.807, 2.05) is 12.4 Å². The monoisotopic (exact) mass is 564 g/mol. The molecule has 10 saturated heterocycles. The Bertz CT molecular complexity index is 2030. The van der Waals surface area contributed by atoms with E-state index in [-0.39, 0.29) is 5.16 Å². The van der Waals surface area contributed by atoms with E-state index < -0.39 is 6.51 Å². The van der Waals surface area contributed by atoms with Gasteiger partial charge in [-0.05, 0) is 0 Å². The van der Waals surface area contributed by atoms with E-state index in [0.29, 0.717) is 22.7 Å². The van der Waals surface area contributed by atoms with Gasteiger partial charge in [0.15, 0.2) is 0 Å². The molecular weight excluding hydrogens is 530 g/mol. The molecule has 7 atom stereocenters. The van der Waals surface area contributed by atoms with Crippen LogP contribution < -0.4 is 0 Å². The van der Waals surface area contributed by atoms with E-state index in [1.54, 1.807) is 5.56 Å². The first kappa shape index (κ1) is 19.1. The predicted molar refractivity (Wildman–Crippen MR) is 152 cm³/mol. The van der Waals surface area contributed by atoms with Gasteiger partial charge in [-0.25, -0.2) is 0 Å². The summed E-state index contributed by atoms with van der Waals surface area (Å²) in [7, 11) is 7.02. The Balaban J connectivity index is 1.32. The zero-order valence-corrected chi connectivity index (χ0v) is 25.0. The second-order valence-electron chi connectivity index (χ2n) is 17.1. The number of pyridine rings is 2. The molecule has 1 spiro atoms. The van der Waals surface area contributed by atoms with Crippen molar-refractivity contribution in [3.63, 3.8) is 0 Å². The second-order valence-corrected chi connectivity index (χ2v) is 41.0. The third-order valence-electron chi connectivity index (χ3n) is 20.7. The van der Waals surface area contributed by atoms with Gasteiger partial charge in [0.1, 0.15) is 0 Å². The van der Waals surface area contributed by atoms with Crippen LogP contribution in [0.15, 0.2) is 79.1 Å². The molecule has 3 aromatic rings. The molecule has 0 aliphatic carbocycles. The summed E-state index contributed by atoms with van der Waals surface area (Å²) in [6, 6.07) is 25.5. The second kappa shape index (κ2) is 2.66. The summed E-state index contributed by atoms with van der Waals surface area (Å²) >= 11 is 0. The van der Waals surface area contributed by atoms with Crippen LogP contribution in [-0.4, -0.2) is 16.1 Å². The van der Waals surface area contributed by atoms with Crippen LogP contribution in [0, 0.1) is 5.41 Å². The fourth-order valence-corrected chi connectivity index (χ4v) is 116. The molecule has 10 fully saturated rings. The van der Waals surface area contributed by atoms with Crippen LogP contribution in [0.3, 0.4) is 0 Å². The van der Waals surface area contributed by atoms with Gasteiger partial charge in [0.05, 0.1) is 0 Å². The van der Waals surface area contributed by atoms with E-state index in [9.17, 15) is 0 Å². The van der Waals surface area contributed by atoms with Crippen molar-refractivity contribution in [1.29, 1.82) is 0 Å². The van der Waals surface area contributed by atoms with Gasteiger partial charge >= 0.3 is 215 Å². The number of hydrogen-bond acceptors (Lipinski definition) is 2. The van der Waals surface area contributed by atoms with Crippen molar-refractivity contribution in [2.45, 2.75) is 72.1 Å². The summed E-state index contributed by atoms with van der Waals surface area (Å²) in [4.78, 5) is 17.1. The van der Waals surface area contributed by atoms with Crippen molar-refractivity contribution >= 4 is 18.5 Å². The molecule has 2 aromatic heterocycles. The van der Waals surface area contributed by atoms with E-state index in [2.05, 4.69) is 106 Å². The van der Waals surface area contributed by atoms with Gasteiger partial charge in [0, 0.05) is 0 Å². The number of nitrogens with zero attached hydrogens (tertiary/aromatic N) is 2. The Morgan fingerprint density at radius 2 is 1.30 bits per heavy atom. The van der Waals surface area contributed by atoms with Crippen LogP contribution in [0.25, 0.3) is 0 Å². The molecule has 0 amide bonds. The van der Waals surface area contributed by atoms with Crippen LogP contribution >= 0.6 is 18.5 Å². The topological polar surface area (TPSA) is 25.8 Å². The van der Waals surface area contributed by atoms with Crippen molar-refractivity contribution in [2.24, 2.45) is 5.41 Å². The maximum absolute atomic E-state index is 5.25. The van der Waals surface area contributed by atoms with Crippen LogP contribution in [0.2, 0.25) is 41.8 Å². The van der Waals surface area contributed by atoms with Crippen molar-refractivity contribution in [3.05, 3.63) is 96.1 Å². The minimum atomic E-state index is -4.45. The molecule has 37 heavy (non-hydrogen) atoms. The summed E-state index contributed by atoms with van der Waals surface area (Å²) in [6.45, 7) is 3.58. The molecule has 0 bridgehead atoms. The summed E-state index contributed by atoms with van der Waals surface area (Å²) in [6.07, 6.45) is 5.41. The molecule has 0 N–H and O–H groups in total. The SMILES string of the molecule is CC(C)(C)[C]12[CH]3[C]4(c5ccccc5)[C]5(C(P)(c6ccccn6)c6ccccn6)[C]1(CP)[Fe]34251678[CH]2[CH]1[CH]6[CH]7[CH]28. The fraction of sp³-hybridized carbons (Fsp3) is 0.500. The standard InChI is InChI=1S/C27H29N2P2.C5H5.Fe/c1-26(2,3)22-17-20(19-11-5-4-6-12-19)25(21(22)18-30)27(31,23-13-7-9-15-28-23)24-14-8-10-16-29-24;1-2-4-5-3-1;/h4-17H,18,30-31H2,1-3H3;1-5H;. The molecule has 10 aliphatic heterocycles. The fourth-order valence-electron chi connectivity index (χ4n) is 24.9. The van der Waals surface area contributed by atoms with Gasteiger partial charge in [-0.1, -0.05) is 0 Å². The van der Waals surface area contributed by atoms with Gasteiger partial charge in [-0.3, -0.25) is 0 Å². The van der Waals surface area contributed by atoms with Crippen LogP contribution in [-0.2, 0) is 16.0 Å². The van der Waals surface area contributed by atoms with E-state index in [0.717, 1.165) is 28.9 Å². The molecule has 0 radical (unpaired) electrons. The minimum absolute atomic E-state index is 0.222. The number of rotatable bonds is 5. The van der Waals surface area contributed by atoms with Gasteiger partial charge in [0.25, 0.3) is 0 Å². The van der Waals surface area contributed by atoms with Gasteiger partial charge in [0.2, 0.25) is 0 Å². The van der Waals surface area contributed by atoms with Crippen molar-refractivity contribution in [1.82, 2.24) is 9.97 Å². The Kier molecular flexibility index (Phi) is 1.37. The van der Waals surface area contributed by atoms with E-state index in [4.69, 9.17) is 9.97 Å². The molecular formula is C32H34FeN2P2. The molecule has 190 valence electrons. The molecule has 7 unspecified atom stereocenters. The number of hydrogen-bond donors (Lipinski definition) is 0. The van der Waals surface area contributed by atoms with Crippen LogP contribution in [0.1, 0.15) is 37.7 Å². The first-order valence-corrected chi connectivity index (χ1v) is 21.6. The van der Waals surface area contributed by atoms with E-state index >= 15 is 0 Å². The van der Waals surface area contributed by atoms with Gasteiger partial charge in [-0.2, -0.15) is 0 Å². The number of benzene rings is 1. The zero-order chi connectivity index (χ0) is 24.8. The first-order chi connectivity index (χ1) is 17.6. The molecule has 12 heterocycles. The number of fused-ring (bicyclic) bond motifs is 10. The summed E-state index contributed by atoms with van der Waals surface area (Å²) < 4.78 is 1.94. The first-order valence-electron chi connectivity index (χ1n) is 14.2. The van der Waals surface area contributed by atoms with Crippen molar-refractivity contribution < 1.29 is 6.51 Å². The van der Waals surface area contributed by atoms with Crippen LogP contribution in [0.5, 0.6) is 0 Å². The van der Waals surface area contributed by atoms with Gasteiger partial charge in [-0.15, -0.1) is 0 Å². The molecule has 1 aromatic carbocycles. The Morgan fingerprint density at radius 3 is 1.70 bits per heavy atom. The third-order valence-corrected chi connectivity index (χ3v) is 68.0. The Labute approximate surface area is 213 Å². The van der Waals surface area contributed by atoms with E-state index in [1.165, 1.54) is 17.5 Å². The predicted octanol–water partition coefficient (Wildman–Crippen LogP) is 8.12. The Hall–Kier alpha value is -1.10. The summed E-state index contributed by atoms with van der Waals surface area (Å²) in [5, 5.41) is -0.222.